The van der Waals surface area contributed by atoms with Crippen molar-refractivity contribution in [3.63, 3.8) is 0 Å². The van der Waals surface area contributed by atoms with Crippen molar-refractivity contribution < 1.29 is 9.53 Å². The summed E-state index contributed by atoms with van der Waals surface area (Å²) < 4.78 is 5.30. The first-order valence-electron chi connectivity index (χ1n) is 8.08. The molecule has 2 heterocycles. The average molecular weight is 354 g/mol. The number of aryl methyl sites for hydroxylation is 1. The molecule has 2 aromatic rings. The van der Waals surface area contributed by atoms with Gasteiger partial charge in [0.2, 0.25) is 11.7 Å². The van der Waals surface area contributed by atoms with Crippen LogP contribution in [0.2, 0.25) is 0 Å². The van der Waals surface area contributed by atoms with Crippen LogP contribution in [0.25, 0.3) is 0 Å². The van der Waals surface area contributed by atoms with Crippen LogP contribution in [0.4, 0.5) is 5.69 Å². The number of imidazole rings is 1. The van der Waals surface area contributed by atoms with Crippen LogP contribution in [0, 0.1) is 18.4 Å². The minimum absolute atomic E-state index is 0.242. The van der Waals surface area contributed by atoms with Gasteiger partial charge in [0, 0.05) is 24.3 Å². The lowest BCUT2D eigenvalue weighted by atomic mass is 10.1. The van der Waals surface area contributed by atoms with E-state index in [2.05, 4.69) is 20.3 Å². The molecule has 0 spiro atoms. The van der Waals surface area contributed by atoms with Crippen LogP contribution < -0.4 is 11.0 Å². The lowest BCUT2D eigenvalue weighted by Gasteiger charge is -2.28. The van der Waals surface area contributed by atoms with E-state index in [-0.39, 0.29) is 11.5 Å². The maximum Gasteiger partial charge on any atom is 0.323 e. The first kappa shape index (κ1) is 17.4. The number of ketones is 1. The van der Waals surface area contributed by atoms with Gasteiger partial charge in [-0.05, 0) is 31.2 Å². The van der Waals surface area contributed by atoms with Crippen LogP contribution >= 0.6 is 0 Å². The second kappa shape index (κ2) is 7.67. The van der Waals surface area contributed by atoms with Gasteiger partial charge in [0.15, 0.2) is 6.19 Å². The van der Waals surface area contributed by atoms with Gasteiger partial charge in [-0.1, -0.05) is 0 Å². The Morgan fingerprint density at radius 1 is 1.27 bits per heavy atom. The molecule has 26 heavy (non-hydrogen) atoms. The van der Waals surface area contributed by atoms with E-state index in [4.69, 9.17) is 10.00 Å². The minimum Gasteiger partial charge on any atom is -0.378 e. The highest BCUT2D eigenvalue weighted by Gasteiger charge is 2.16. The number of guanidine groups is 1. The van der Waals surface area contributed by atoms with E-state index in [1.54, 1.807) is 31.2 Å². The van der Waals surface area contributed by atoms with E-state index in [0.29, 0.717) is 49.2 Å². The van der Waals surface area contributed by atoms with Gasteiger partial charge < -0.3 is 19.6 Å². The highest BCUT2D eigenvalue weighted by molar-refractivity contribution is 6.08. The summed E-state index contributed by atoms with van der Waals surface area (Å²) in [6.07, 6.45) is 1.89. The second-order valence-electron chi connectivity index (χ2n) is 5.73. The third kappa shape index (κ3) is 3.81. The molecule has 0 amide bonds. The van der Waals surface area contributed by atoms with Gasteiger partial charge >= 0.3 is 5.69 Å². The summed E-state index contributed by atoms with van der Waals surface area (Å²) in [6, 6.07) is 6.64. The van der Waals surface area contributed by atoms with E-state index < -0.39 is 5.69 Å². The first-order chi connectivity index (χ1) is 12.6. The molecule has 3 N–H and O–H groups in total. The van der Waals surface area contributed by atoms with Gasteiger partial charge in [-0.15, -0.1) is 0 Å². The fraction of sp³-hybridized carbons (Fsp3) is 0.294. The van der Waals surface area contributed by atoms with Gasteiger partial charge in [-0.2, -0.15) is 5.26 Å². The topological polar surface area (TPSA) is 126 Å². The summed E-state index contributed by atoms with van der Waals surface area (Å²) in [5, 5.41) is 11.5. The monoisotopic (exact) mass is 354 g/mol. The molecule has 0 aliphatic carbocycles. The number of carbonyl (C=O) groups is 1. The third-order valence-corrected chi connectivity index (χ3v) is 3.98. The zero-order chi connectivity index (χ0) is 18.5. The van der Waals surface area contributed by atoms with Gasteiger partial charge in [0.25, 0.3) is 0 Å². The van der Waals surface area contributed by atoms with Crippen molar-refractivity contribution in [1.82, 2.24) is 20.2 Å². The van der Waals surface area contributed by atoms with Crippen LogP contribution in [-0.4, -0.2) is 52.9 Å². The Bertz CT molecular complexity index is 913. The Morgan fingerprint density at radius 2 is 1.96 bits per heavy atom. The number of hydrogen-bond acceptors (Lipinski definition) is 5. The Kier molecular flexibility index (Phi) is 5.15. The van der Waals surface area contributed by atoms with E-state index in [1.807, 2.05) is 11.1 Å². The number of benzene rings is 1. The fourth-order valence-corrected chi connectivity index (χ4v) is 2.66. The molecular weight excluding hydrogens is 336 g/mol. The van der Waals surface area contributed by atoms with Crippen molar-refractivity contribution in [2.75, 3.05) is 26.3 Å². The normalized spacial score (nSPS) is 14.8. The van der Waals surface area contributed by atoms with Crippen molar-refractivity contribution >= 4 is 17.4 Å². The molecule has 1 saturated heterocycles. The number of carbonyl (C=O) groups excluding carboxylic acids is 1. The van der Waals surface area contributed by atoms with Crippen molar-refractivity contribution in [3.8, 4) is 6.19 Å². The van der Waals surface area contributed by atoms with Gasteiger partial charge in [0.05, 0.1) is 18.9 Å². The maximum atomic E-state index is 12.5. The van der Waals surface area contributed by atoms with Crippen molar-refractivity contribution in [2.24, 2.45) is 4.99 Å². The van der Waals surface area contributed by atoms with Crippen LogP contribution in [0.5, 0.6) is 0 Å². The number of nitriles is 1. The van der Waals surface area contributed by atoms with Gasteiger partial charge in [-0.3, -0.25) is 10.1 Å². The van der Waals surface area contributed by atoms with Crippen LogP contribution in [0.15, 0.2) is 34.1 Å². The number of rotatable bonds is 3. The van der Waals surface area contributed by atoms with Crippen LogP contribution in [0.3, 0.4) is 0 Å². The number of ether oxygens (including phenoxy) is 1. The average Bonchev–Trinajstić information content (AvgIpc) is 3.00. The molecule has 134 valence electrons. The number of aliphatic imine (C=N–C) groups is 1. The summed E-state index contributed by atoms with van der Waals surface area (Å²) >= 11 is 0. The number of morpholine rings is 1. The number of nitrogens with one attached hydrogen (secondary N) is 3. The van der Waals surface area contributed by atoms with E-state index in [1.165, 1.54) is 0 Å². The van der Waals surface area contributed by atoms with Crippen LogP contribution in [0.1, 0.15) is 21.7 Å². The number of aromatic amines is 2. The molecular formula is C17H18N6O3. The largest absolute Gasteiger partial charge is 0.378 e. The standard InChI is InChI=1S/C17H18N6O3/c1-11-14(22-17(25)20-11)15(24)12-2-4-13(5-3-12)21-16(19-10-18)23-6-8-26-9-7-23/h2-5H,6-9H2,1H3,(H,19,21)(H2,20,22,25). The maximum absolute atomic E-state index is 12.5. The lowest BCUT2D eigenvalue weighted by molar-refractivity contribution is 0.0670. The van der Waals surface area contributed by atoms with Gasteiger partial charge in [0.1, 0.15) is 5.69 Å². The van der Waals surface area contributed by atoms with E-state index >= 15 is 0 Å². The molecule has 1 aliphatic heterocycles. The zero-order valence-electron chi connectivity index (χ0n) is 14.2. The number of H-pyrrole nitrogens is 2. The fourth-order valence-electron chi connectivity index (χ4n) is 2.66. The Morgan fingerprint density at radius 3 is 2.54 bits per heavy atom. The second-order valence-corrected chi connectivity index (χ2v) is 5.73. The third-order valence-electron chi connectivity index (χ3n) is 3.98. The number of hydrogen-bond donors (Lipinski definition) is 3. The van der Waals surface area contributed by atoms with E-state index in [0.717, 1.165) is 0 Å². The summed E-state index contributed by atoms with van der Waals surface area (Å²) in [4.78, 5) is 35.2. The molecule has 1 aromatic heterocycles. The molecule has 3 rings (SSSR count). The molecule has 0 radical (unpaired) electrons. The molecule has 9 heteroatoms. The highest BCUT2D eigenvalue weighted by Crippen LogP contribution is 2.17. The molecule has 1 aliphatic rings. The number of nitrogens with zero attached hydrogens (tertiary/aromatic N) is 3. The molecule has 0 atom stereocenters. The zero-order valence-corrected chi connectivity index (χ0v) is 14.2. The summed E-state index contributed by atoms with van der Waals surface area (Å²) in [6.45, 7) is 4.10. The minimum atomic E-state index is -0.412. The summed E-state index contributed by atoms with van der Waals surface area (Å²) in [5.41, 5.74) is 1.36. The number of aromatic nitrogens is 2. The molecule has 0 unspecified atom stereocenters. The molecule has 0 bridgehead atoms. The Labute approximate surface area is 149 Å². The summed E-state index contributed by atoms with van der Waals surface area (Å²) in [5.74, 6) is 0.167. The molecule has 1 aromatic carbocycles. The van der Waals surface area contributed by atoms with Crippen molar-refractivity contribution in [3.05, 3.63) is 51.7 Å². The Hall–Kier alpha value is -3.38. The van der Waals surface area contributed by atoms with E-state index in [9.17, 15) is 9.59 Å². The quantitative estimate of drug-likeness (QED) is 0.244. The molecule has 1 fully saturated rings. The smallest absolute Gasteiger partial charge is 0.323 e. The first-order valence-corrected chi connectivity index (χ1v) is 8.08. The highest BCUT2D eigenvalue weighted by atomic mass is 16.5. The van der Waals surface area contributed by atoms with Crippen molar-refractivity contribution in [2.45, 2.75) is 6.92 Å². The Balaban J connectivity index is 1.81. The molecule has 9 nitrogen and oxygen atoms in total. The van der Waals surface area contributed by atoms with Gasteiger partial charge in [-0.25, -0.2) is 9.79 Å². The lowest BCUT2D eigenvalue weighted by Crippen LogP contribution is -2.45. The van der Waals surface area contributed by atoms with Crippen LogP contribution in [-0.2, 0) is 4.74 Å². The SMILES string of the molecule is Cc1[nH]c(=O)[nH]c1C(=O)c1ccc(N=C(NC#N)N2CCOCC2)cc1. The van der Waals surface area contributed by atoms with Crippen molar-refractivity contribution in [1.29, 1.82) is 5.26 Å². The molecule has 0 saturated carbocycles. The predicted octanol–water partition coefficient (Wildman–Crippen LogP) is 0.633. The summed E-state index contributed by atoms with van der Waals surface area (Å²) in [7, 11) is 0. The predicted molar refractivity (Wildman–Crippen MR) is 94.3 cm³/mol.